The van der Waals surface area contributed by atoms with Gasteiger partial charge < -0.3 is 0 Å². The van der Waals surface area contributed by atoms with Crippen LogP contribution in [0, 0.1) is 5.92 Å². The maximum atomic E-state index is 4.38. The van der Waals surface area contributed by atoms with Gasteiger partial charge in [-0.15, -0.1) is 0 Å². The van der Waals surface area contributed by atoms with Gasteiger partial charge in [-0.05, 0) is 0 Å². The van der Waals surface area contributed by atoms with Gasteiger partial charge in [0.25, 0.3) is 0 Å². The minimum atomic E-state index is 0.836. The zero-order valence-corrected chi connectivity index (χ0v) is 13.2. The van der Waals surface area contributed by atoms with Crippen LogP contribution < -0.4 is 5.43 Å². The summed E-state index contributed by atoms with van der Waals surface area (Å²) in [6, 6.07) is 5.84. The molecule has 102 valence electrons. The second-order valence-electron chi connectivity index (χ2n) is 5.00. The van der Waals surface area contributed by atoms with Crippen molar-refractivity contribution in [3.63, 3.8) is 0 Å². The fraction of sp³-hybridized carbons (Fsp3) is 0.500. The fourth-order valence-corrected chi connectivity index (χ4v) is 2.53. The summed E-state index contributed by atoms with van der Waals surface area (Å²) >= 11 is 3.07. The number of likely N-dealkylation sites (tertiary alicyclic amines) is 1. The Morgan fingerprint density at radius 1 is 1.42 bits per heavy atom. The van der Waals surface area contributed by atoms with Gasteiger partial charge in [0.1, 0.15) is 0 Å². The summed E-state index contributed by atoms with van der Waals surface area (Å²) in [5, 5.41) is 4.38. The number of nitrogens with zero attached hydrogens (tertiary/aromatic N) is 3. The predicted octanol–water partition coefficient (Wildman–Crippen LogP) is 1.38. The number of piperidine rings is 1. The summed E-state index contributed by atoms with van der Waals surface area (Å²) in [5.74, 6) is 0.836. The van der Waals surface area contributed by atoms with Gasteiger partial charge in [0.2, 0.25) is 0 Å². The van der Waals surface area contributed by atoms with E-state index in [-0.39, 0.29) is 0 Å². The molecule has 1 fully saturated rings. The SMILES string of the molecule is CC(=NNC(=[Se])N1CCC(C)CC1)c1ccccn1. The fourth-order valence-electron chi connectivity index (χ4n) is 2.05. The van der Waals surface area contributed by atoms with Crippen LogP contribution in [0.4, 0.5) is 0 Å². The first-order valence-corrected chi connectivity index (χ1v) is 7.53. The maximum absolute atomic E-state index is 4.38. The Morgan fingerprint density at radius 3 is 2.79 bits per heavy atom. The van der Waals surface area contributed by atoms with E-state index in [1.54, 1.807) is 6.20 Å². The Morgan fingerprint density at radius 2 is 2.16 bits per heavy atom. The molecule has 0 bridgehead atoms. The third-order valence-electron chi connectivity index (χ3n) is 3.43. The Labute approximate surface area is 122 Å². The zero-order valence-electron chi connectivity index (χ0n) is 11.5. The number of hydrogen-bond donors (Lipinski definition) is 1. The summed E-state index contributed by atoms with van der Waals surface area (Å²) in [6.45, 7) is 6.46. The minimum absolute atomic E-state index is 0.836. The molecule has 5 heteroatoms. The number of aromatic nitrogens is 1. The van der Waals surface area contributed by atoms with Crippen molar-refractivity contribution in [2.24, 2.45) is 11.0 Å². The molecule has 4 nitrogen and oxygen atoms in total. The molecule has 0 atom stereocenters. The van der Waals surface area contributed by atoms with E-state index < -0.39 is 0 Å². The van der Waals surface area contributed by atoms with Crippen LogP contribution in [-0.2, 0) is 0 Å². The Bertz CT molecular complexity index is 450. The number of hydrogen-bond acceptors (Lipinski definition) is 4. The Kier molecular flexibility index (Phi) is 5.11. The van der Waals surface area contributed by atoms with Gasteiger partial charge in [-0.1, -0.05) is 0 Å². The first kappa shape index (κ1) is 14.2. The van der Waals surface area contributed by atoms with Crippen LogP contribution in [0.3, 0.4) is 0 Å². The molecule has 0 amide bonds. The Hall–Kier alpha value is -1.19. The third-order valence-corrected chi connectivity index (χ3v) is 4.16. The molecule has 0 aromatic carbocycles. The number of nitrogens with one attached hydrogen (secondary N) is 1. The molecular weight excluding hydrogens is 303 g/mol. The normalized spacial score (nSPS) is 17.4. The van der Waals surface area contributed by atoms with E-state index in [4.69, 9.17) is 0 Å². The number of hydrazone groups is 1. The summed E-state index contributed by atoms with van der Waals surface area (Å²) in [4.78, 5) is 6.59. The molecular formula is C14H20N4Se. The van der Waals surface area contributed by atoms with Crippen LogP contribution in [0.2, 0.25) is 0 Å². The molecule has 0 radical (unpaired) electrons. The number of rotatable bonds is 4. The van der Waals surface area contributed by atoms with Crippen LogP contribution in [0.15, 0.2) is 29.5 Å². The second-order valence-corrected chi connectivity index (χ2v) is 5.81. The van der Waals surface area contributed by atoms with Crippen molar-refractivity contribution in [2.75, 3.05) is 13.1 Å². The molecule has 0 saturated carbocycles. The monoisotopic (exact) mass is 324 g/mol. The molecule has 2 rings (SSSR count). The summed E-state index contributed by atoms with van der Waals surface area (Å²) < 4.78 is 1.00. The Balaban J connectivity index is 1.89. The van der Waals surface area contributed by atoms with Crippen LogP contribution in [0.1, 0.15) is 32.4 Å². The van der Waals surface area contributed by atoms with Crippen molar-refractivity contribution in [2.45, 2.75) is 26.7 Å². The molecule has 0 spiro atoms. The van der Waals surface area contributed by atoms with Crippen LogP contribution >= 0.6 is 0 Å². The first-order chi connectivity index (χ1) is 9.16. The van der Waals surface area contributed by atoms with E-state index in [1.165, 1.54) is 12.8 Å². The van der Waals surface area contributed by atoms with Crippen molar-refractivity contribution in [3.8, 4) is 0 Å². The van der Waals surface area contributed by atoms with Crippen LogP contribution in [0.5, 0.6) is 0 Å². The summed E-state index contributed by atoms with van der Waals surface area (Å²) in [5.41, 5.74) is 4.89. The van der Waals surface area contributed by atoms with E-state index in [0.29, 0.717) is 0 Å². The van der Waals surface area contributed by atoms with E-state index >= 15 is 0 Å². The summed E-state index contributed by atoms with van der Waals surface area (Å²) in [6.07, 6.45) is 4.27. The van der Waals surface area contributed by atoms with Crippen LogP contribution in [0.25, 0.3) is 0 Å². The van der Waals surface area contributed by atoms with Gasteiger partial charge in [0.15, 0.2) is 0 Å². The van der Waals surface area contributed by atoms with Gasteiger partial charge in [0, 0.05) is 0 Å². The van der Waals surface area contributed by atoms with Gasteiger partial charge in [-0.25, -0.2) is 0 Å². The van der Waals surface area contributed by atoms with Gasteiger partial charge in [-0.3, -0.25) is 0 Å². The molecule has 2 heterocycles. The molecule has 1 saturated heterocycles. The van der Waals surface area contributed by atoms with Gasteiger partial charge >= 0.3 is 122 Å². The molecule has 1 N–H and O–H groups in total. The topological polar surface area (TPSA) is 40.5 Å². The molecule has 0 aliphatic carbocycles. The molecule has 1 aromatic rings. The van der Waals surface area contributed by atoms with Gasteiger partial charge in [-0.2, -0.15) is 0 Å². The van der Waals surface area contributed by atoms with Crippen molar-refractivity contribution in [3.05, 3.63) is 30.1 Å². The molecule has 19 heavy (non-hydrogen) atoms. The quantitative estimate of drug-likeness (QED) is 0.517. The standard InChI is InChI=1S/C14H20N4Se/c1-11-6-9-18(10-7-11)14(19)17-16-12(2)13-5-3-4-8-15-13/h3-5,8,11H,6-7,9-10H2,1-2H3,(H,17,19). The van der Waals surface area contributed by atoms with Crippen LogP contribution in [-0.4, -0.2) is 48.9 Å². The molecule has 0 unspecified atom stereocenters. The van der Waals surface area contributed by atoms with Crippen molar-refractivity contribution in [1.29, 1.82) is 0 Å². The van der Waals surface area contributed by atoms with Crippen molar-refractivity contribution >= 4 is 26.0 Å². The van der Waals surface area contributed by atoms with E-state index in [9.17, 15) is 0 Å². The van der Waals surface area contributed by atoms with Crippen molar-refractivity contribution < 1.29 is 0 Å². The van der Waals surface area contributed by atoms with E-state index in [2.05, 4.69) is 42.9 Å². The van der Waals surface area contributed by atoms with Gasteiger partial charge in [0.05, 0.1) is 0 Å². The summed E-state index contributed by atoms with van der Waals surface area (Å²) in [7, 11) is 0. The predicted molar refractivity (Wildman–Crippen MR) is 80.3 cm³/mol. The van der Waals surface area contributed by atoms with E-state index in [0.717, 1.165) is 35.1 Å². The van der Waals surface area contributed by atoms with E-state index in [1.807, 2.05) is 25.1 Å². The molecule has 1 aliphatic heterocycles. The van der Waals surface area contributed by atoms with Crippen molar-refractivity contribution in [1.82, 2.24) is 15.3 Å². The second kappa shape index (κ2) is 6.83. The third kappa shape index (κ3) is 4.15. The molecule has 1 aliphatic rings. The average Bonchev–Trinajstić information content (AvgIpc) is 2.46. The zero-order chi connectivity index (χ0) is 13.7. The number of pyridine rings is 1. The first-order valence-electron chi connectivity index (χ1n) is 6.67. The average molecular weight is 323 g/mol. The molecule has 1 aromatic heterocycles.